The highest BCUT2D eigenvalue weighted by atomic mass is 16.1. The SMILES string of the molecule is CC(=O)c1[c]ccc(C)c1C. The first kappa shape index (κ1) is 7.99. The molecule has 0 fully saturated rings. The number of carbonyl (C=O) groups is 1. The van der Waals surface area contributed by atoms with Crippen molar-refractivity contribution in [2.24, 2.45) is 0 Å². The van der Waals surface area contributed by atoms with Crippen molar-refractivity contribution in [3.8, 4) is 0 Å². The zero-order valence-electron chi connectivity index (χ0n) is 7.06. The summed E-state index contributed by atoms with van der Waals surface area (Å²) in [6.45, 7) is 5.51. The lowest BCUT2D eigenvalue weighted by Crippen LogP contribution is -1.97. The first-order valence-electron chi connectivity index (χ1n) is 3.61. The van der Waals surface area contributed by atoms with Crippen molar-refractivity contribution in [1.29, 1.82) is 0 Å². The van der Waals surface area contributed by atoms with Crippen molar-refractivity contribution in [3.63, 3.8) is 0 Å². The van der Waals surface area contributed by atoms with Crippen LogP contribution in [0.5, 0.6) is 0 Å². The fourth-order valence-corrected chi connectivity index (χ4v) is 1.05. The Bertz CT molecular complexity index is 287. The molecule has 0 saturated heterocycles. The molecule has 0 N–H and O–H groups in total. The Labute approximate surface area is 67.1 Å². The molecule has 0 heterocycles. The summed E-state index contributed by atoms with van der Waals surface area (Å²) in [5.74, 6) is 0.0891. The minimum atomic E-state index is 0.0891. The van der Waals surface area contributed by atoms with Crippen LogP contribution in [0, 0.1) is 19.9 Å². The molecule has 1 nitrogen and oxygen atoms in total. The van der Waals surface area contributed by atoms with E-state index in [1.54, 1.807) is 13.0 Å². The molecule has 57 valence electrons. The lowest BCUT2D eigenvalue weighted by Gasteiger charge is -2.02. The van der Waals surface area contributed by atoms with E-state index < -0.39 is 0 Å². The standard InChI is InChI=1S/C10H11O/c1-7-5-4-6-10(8(7)2)9(3)11/h4-5H,1-3H3. The molecule has 0 aliphatic rings. The van der Waals surface area contributed by atoms with Gasteiger partial charge in [0.15, 0.2) is 5.78 Å². The minimum Gasteiger partial charge on any atom is -0.294 e. The van der Waals surface area contributed by atoms with Gasteiger partial charge in [0.1, 0.15) is 0 Å². The highest BCUT2D eigenvalue weighted by Gasteiger charge is 2.03. The van der Waals surface area contributed by atoms with E-state index in [9.17, 15) is 4.79 Å². The quantitative estimate of drug-likeness (QED) is 0.557. The third-order valence-corrected chi connectivity index (χ3v) is 1.88. The Hall–Kier alpha value is -1.11. The predicted molar refractivity (Wildman–Crippen MR) is 44.8 cm³/mol. The van der Waals surface area contributed by atoms with E-state index in [-0.39, 0.29) is 5.78 Å². The fraction of sp³-hybridized carbons (Fsp3) is 0.300. The third-order valence-electron chi connectivity index (χ3n) is 1.88. The van der Waals surface area contributed by atoms with Crippen molar-refractivity contribution < 1.29 is 4.79 Å². The van der Waals surface area contributed by atoms with Crippen molar-refractivity contribution >= 4 is 5.78 Å². The number of rotatable bonds is 1. The van der Waals surface area contributed by atoms with Crippen LogP contribution >= 0.6 is 0 Å². The van der Waals surface area contributed by atoms with Crippen molar-refractivity contribution in [2.45, 2.75) is 20.8 Å². The van der Waals surface area contributed by atoms with Gasteiger partial charge in [-0.3, -0.25) is 4.79 Å². The second-order valence-electron chi connectivity index (χ2n) is 2.72. The van der Waals surface area contributed by atoms with Gasteiger partial charge in [-0.05, 0) is 38.0 Å². The van der Waals surface area contributed by atoms with Gasteiger partial charge in [0.2, 0.25) is 0 Å². The molecule has 0 aromatic heterocycles. The van der Waals surface area contributed by atoms with E-state index in [2.05, 4.69) is 6.07 Å². The zero-order valence-corrected chi connectivity index (χ0v) is 7.06. The summed E-state index contributed by atoms with van der Waals surface area (Å²) in [6, 6.07) is 6.68. The van der Waals surface area contributed by atoms with E-state index in [1.165, 1.54) is 0 Å². The summed E-state index contributed by atoms with van der Waals surface area (Å²) < 4.78 is 0. The van der Waals surface area contributed by atoms with Gasteiger partial charge in [-0.25, -0.2) is 0 Å². The van der Waals surface area contributed by atoms with Gasteiger partial charge in [0.25, 0.3) is 0 Å². The van der Waals surface area contributed by atoms with Gasteiger partial charge in [0.05, 0.1) is 0 Å². The number of aryl methyl sites for hydroxylation is 1. The van der Waals surface area contributed by atoms with Crippen molar-refractivity contribution in [2.75, 3.05) is 0 Å². The average Bonchev–Trinajstić information content (AvgIpc) is 1.94. The molecule has 1 aromatic rings. The summed E-state index contributed by atoms with van der Waals surface area (Å²) in [6.07, 6.45) is 0. The van der Waals surface area contributed by atoms with Crippen LogP contribution in [0.15, 0.2) is 12.1 Å². The van der Waals surface area contributed by atoms with Gasteiger partial charge < -0.3 is 0 Å². The molecule has 0 amide bonds. The normalized spacial score (nSPS) is 9.73. The predicted octanol–water partition coefficient (Wildman–Crippen LogP) is 2.31. The molecule has 0 aliphatic heterocycles. The molecule has 0 bridgehead atoms. The lowest BCUT2D eigenvalue weighted by molar-refractivity contribution is 0.101. The third kappa shape index (κ3) is 1.48. The van der Waals surface area contributed by atoms with E-state index in [4.69, 9.17) is 0 Å². The monoisotopic (exact) mass is 147 g/mol. The van der Waals surface area contributed by atoms with Crippen LogP contribution in [0.2, 0.25) is 0 Å². The molecular formula is C10H11O. The Morgan fingerprint density at radius 2 is 2.09 bits per heavy atom. The molecule has 1 rings (SSSR count). The Kier molecular flexibility index (Phi) is 2.08. The molecule has 0 aliphatic carbocycles. The number of hydrogen-bond acceptors (Lipinski definition) is 1. The number of benzene rings is 1. The lowest BCUT2D eigenvalue weighted by atomic mass is 10.0. The first-order valence-corrected chi connectivity index (χ1v) is 3.61. The van der Waals surface area contributed by atoms with Crippen LogP contribution in [0.3, 0.4) is 0 Å². The minimum absolute atomic E-state index is 0.0891. The molecule has 11 heavy (non-hydrogen) atoms. The van der Waals surface area contributed by atoms with Crippen LogP contribution in [0.1, 0.15) is 28.4 Å². The fourth-order valence-electron chi connectivity index (χ4n) is 1.05. The van der Waals surface area contributed by atoms with Crippen LogP contribution < -0.4 is 0 Å². The second-order valence-corrected chi connectivity index (χ2v) is 2.72. The molecule has 1 aromatic carbocycles. The highest BCUT2D eigenvalue weighted by molar-refractivity contribution is 5.95. The van der Waals surface area contributed by atoms with Gasteiger partial charge in [-0.2, -0.15) is 0 Å². The maximum atomic E-state index is 11.0. The van der Waals surface area contributed by atoms with Crippen LogP contribution in [0.4, 0.5) is 0 Å². The van der Waals surface area contributed by atoms with Crippen LogP contribution in [0.25, 0.3) is 0 Å². The van der Waals surface area contributed by atoms with E-state index >= 15 is 0 Å². The molecule has 0 spiro atoms. The number of ketones is 1. The molecular weight excluding hydrogens is 136 g/mol. The average molecular weight is 147 g/mol. The molecule has 1 radical (unpaired) electrons. The molecule has 1 heteroatoms. The number of carbonyl (C=O) groups excluding carboxylic acids is 1. The summed E-state index contributed by atoms with van der Waals surface area (Å²) >= 11 is 0. The van der Waals surface area contributed by atoms with E-state index in [0.717, 1.165) is 11.1 Å². The molecule has 0 saturated carbocycles. The highest BCUT2D eigenvalue weighted by Crippen LogP contribution is 2.11. The smallest absolute Gasteiger partial charge is 0.160 e. The molecule has 0 atom stereocenters. The number of Topliss-reactive ketones (excluding diaryl/α,β-unsaturated/α-hetero) is 1. The summed E-state index contributed by atoms with van der Waals surface area (Å²) in [5.41, 5.74) is 2.90. The summed E-state index contributed by atoms with van der Waals surface area (Å²) in [7, 11) is 0. The summed E-state index contributed by atoms with van der Waals surface area (Å²) in [4.78, 5) is 11.0. The van der Waals surface area contributed by atoms with Gasteiger partial charge >= 0.3 is 0 Å². The van der Waals surface area contributed by atoms with E-state index in [1.807, 2.05) is 19.9 Å². The maximum absolute atomic E-state index is 11.0. The van der Waals surface area contributed by atoms with Gasteiger partial charge in [-0.15, -0.1) is 0 Å². The van der Waals surface area contributed by atoms with Crippen LogP contribution in [-0.2, 0) is 0 Å². The molecule has 0 unspecified atom stereocenters. The van der Waals surface area contributed by atoms with Crippen molar-refractivity contribution in [3.05, 3.63) is 34.9 Å². The van der Waals surface area contributed by atoms with Gasteiger partial charge in [-0.1, -0.05) is 12.1 Å². The van der Waals surface area contributed by atoms with Crippen molar-refractivity contribution in [1.82, 2.24) is 0 Å². The first-order chi connectivity index (χ1) is 5.13. The maximum Gasteiger partial charge on any atom is 0.160 e. The topological polar surface area (TPSA) is 17.1 Å². The van der Waals surface area contributed by atoms with Crippen LogP contribution in [-0.4, -0.2) is 5.78 Å². The Morgan fingerprint density at radius 1 is 1.45 bits per heavy atom. The largest absolute Gasteiger partial charge is 0.294 e. The zero-order chi connectivity index (χ0) is 8.43. The summed E-state index contributed by atoms with van der Waals surface area (Å²) in [5, 5.41) is 0. The number of hydrogen-bond donors (Lipinski definition) is 0. The van der Waals surface area contributed by atoms with E-state index in [0.29, 0.717) is 5.56 Å². The van der Waals surface area contributed by atoms with Gasteiger partial charge in [0, 0.05) is 5.56 Å². The Balaban J connectivity index is 3.27. The Morgan fingerprint density at radius 3 is 2.55 bits per heavy atom. The second kappa shape index (κ2) is 2.87.